The number of ether oxygens (including phenoxy) is 5. The summed E-state index contributed by atoms with van der Waals surface area (Å²) in [4.78, 5) is 0. The second-order valence-corrected chi connectivity index (χ2v) is 3.60. The summed E-state index contributed by atoms with van der Waals surface area (Å²) in [7, 11) is 1.63. The van der Waals surface area contributed by atoms with Crippen LogP contribution >= 0.6 is 0 Å². The van der Waals surface area contributed by atoms with Gasteiger partial charge in [-0.2, -0.15) is 0 Å². The normalized spacial score (nSPS) is 10.5. The lowest BCUT2D eigenvalue weighted by molar-refractivity contribution is -0.138. The van der Waals surface area contributed by atoms with Crippen molar-refractivity contribution in [1.82, 2.24) is 0 Å². The number of rotatable bonds is 12. The van der Waals surface area contributed by atoms with E-state index < -0.39 is 0 Å². The molecule has 0 atom stereocenters. The van der Waals surface area contributed by atoms with Gasteiger partial charge in [0, 0.05) is 33.2 Å². The average molecular weight is 274 g/mol. The fourth-order valence-electron chi connectivity index (χ4n) is 1.27. The lowest BCUT2D eigenvalue weighted by Gasteiger charge is -2.15. The van der Waals surface area contributed by atoms with Gasteiger partial charge in [0.2, 0.25) is 0 Å². The van der Waals surface area contributed by atoms with E-state index in [9.17, 15) is 0 Å². The lowest BCUT2D eigenvalue weighted by Crippen LogP contribution is -2.16. The molecule has 0 saturated carbocycles. The first-order chi connectivity index (χ1) is 9.35. The van der Waals surface area contributed by atoms with E-state index >= 15 is 0 Å². The molecule has 0 aliphatic heterocycles. The molecule has 0 aromatic carbocycles. The van der Waals surface area contributed by atoms with Gasteiger partial charge in [0.15, 0.2) is 6.29 Å². The van der Waals surface area contributed by atoms with Gasteiger partial charge < -0.3 is 23.7 Å². The lowest BCUT2D eigenvalue weighted by atomic mass is 10.3. The Hall–Kier alpha value is -0.640. The zero-order valence-electron chi connectivity index (χ0n) is 12.3. The molecule has 5 nitrogen and oxygen atoms in total. The average Bonchev–Trinajstić information content (AvgIpc) is 2.41. The van der Waals surface area contributed by atoms with Crippen LogP contribution in [-0.2, 0) is 23.7 Å². The summed E-state index contributed by atoms with van der Waals surface area (Å²) in [6.45, 7) is 6.95. The SMILES string of the molecule is CCOC(CCC#CCOCOCCOC)OCC. The van der Waals surface area contributed by atoms with Crippen LogP contribution in [0.15, 0.2) is 0 Å². The van der Waals surface area contributed by atoms with Crippen molar-refractivity contribution in [1.29, 1.82) is 0 Å². The Labute approximate surface area is 116 Å². The summed E-state index contributed by atoms with van der Waals surface area (Å²) in [5.74, 6) is 5.94. The monoisotopic (exact) mass is 274 g/mol. The van der Waals surface area contributed by atoms with E-state index in [0.717, 1.165) is 12.8 Å². The van der Waals surface area contributed by atoms with E-state index in [1.165, 1.54) is 0 Å². The number of methoxy groups -OCH3 is 1. The molecule has 19 heavy (non-hydrogen) atoms. The standard InChI is InChI=1S/C14H26O5/c1-4-18-14(19-5-2)9-7-6-8-10-16-13-17-12-11-15-3/h14H,4-5,7,9-13H2,1-3H3. The molecule has 0 saturated heterocycles. The second kappa shape index (κ2) is 15.4. The molecule has 0 amide bonds. The molecule has 0 bridgehead atoms. The van der Waals surface area contributed by atoms with Gasteiger partial charge in [-0.15, -0.1) is 5.92 Å². The predicted octanol–water partition coefficient (Wildman–Crippen LogP) is 1.81. The van der Waals surface area contributed by atoms with Crippen LogP contribution in [0.3, 0.4) is 0 Å². The van der Waals surface area contributed by atoms with Gasteiger partial charge in [0.1, 0.15) is 13.4 Å². The molecular weight excluding hydrogens is 248 g/mol. The third-order valence-corrected chi connectivity index (χ3v) is 2.11. The predicted molar refractivity (Wildman–Crippen MR) is 72.7 cm³/mol. The van der Waals surface area contributed by atoms with Crippen molar-refractivity contribution < 1.29 is 23.7 Å². The molecule has 0 heterocycles. The van der Waals surface area contributed by atoms with E-state index in [-0.39, 0.29) is 13.1 Å². The van der Waals surface area contributed by atoms with E-state index in [1.807, 2.05) is 13.8 Å². The molecule has 0 aromatic heterocycles. The zero-order chi connectivity index (χ0) is 14.2. The number of hydrogen-bond acceptors (Lipinski definition) is 5. The Kier molecular flexibility index (Phi) is 14.9. The van der Waals surface area contributed by atoms with Crippen LogP contribution in [0.25, 0.3) is 0 Å². The molecular formula is C14H26O5. The first-order valence-electron chi connectivity index (χ1n) is 6.68. The summed E-state index contributed by atoms with van der Waals surface area (Å²) < 4.78 is 26.0. The van der Waals surface area contributed by atoms with Crippen LogP contribution in [0, 0.1) is 11.8 Å². The van der Waals surface area contributed by atoms with Gasteiger partial charge in [-0.1, -0.05) is 5.92 Å². The minimum Gasteiger partial charge on any atom is -0.382 e. The van der Waals surface area contributed by atoms with E-state index in [4.69, 9.17) is 23.7 Å². The minimum atomic E-state index is -0.150. The van der Waals surface area contributed by atoms with Gasteiger partial charge in [0.05, 0.1) is 13.2 Å². The molecule has 0 unspecified atom stereocenters. The van der Waals surface area contributed by atoms with Crippen LogP contribution < -0.4 is 0 Å². The van der Waals surface area contributed by atoms with Crippen molar-refractivity contribution in [3.05, 3.63) is 0 Å². The maximum Gasteiger partial charge on any atom is 0.158 e. The molecule has 112 valence electrons. The second-order valence-electron chi connectivity index (χ2n) is 3.60. The van der Waals surface area contributed by atoms with Crippen LogP contribution in [0.2, 0.25) is 0 Å². The Morgan fingerprint density at radius 3 is 2.32 bits per heavy atom. The topological polar surface area (TPSA) is 46.2 Å². The molecule has 0 N–H and O–H groups in total. The van der Waals surface area contributed by atoms with Gasteiger partial charge in [-0.05, 0) is 13.8 Å². The maximum atomic E-state index is 5.41. The Balaban J connectivity index is 3.42. The third-order valence-electron chi connectivity index (χ3n) is 2.11. The highest BCUT2D eigenvalue weighted by Gasteiger charge is 2.05. The molecule has 0 aliphatic carbocycles. The van der Waals surface area contributed by atoms with Gasteiger partial charge >= 0.3 is 0 Å². The fraction of sp³-hybridized carbons (Fsp3) is 0.857. The molecule has 0 rings (SSSR count). The molecule has 0 aromatic rings. The molecule has 5 heteroatoms. The highest BCUT2D eigenvalue weighted by molar-refractivity contribution is 4.98. The molecule has 0 fully saturated rings. The van der Waals surface area contributed by atoms with Gasteiger partial charge in [-0.3, -0.25) is 0 Å². The van der Waals surface area contributed by atoms with E-state index in [2.05, 4.69) is 11.8 Å². The molecule has 0 spiro atoms. The molecule has 0 aliphatic rings. The van der Waals surface area contributed by atoms with Crippen molar-refractivity contribution in [3.8, 4) is 11.8 Å². The zero-order valence-corrected chi connectivity index (χ0v) is 12.3. The van der Waals surface area contributed by atoms with Crippen molar-refractivity contribution in [3.63, 3.8) is 0 Å². The smallest absolute Gasteiger partial charge is 0.158 e. The van der Waals surface area contributed by atoms with Crippen molar-refractivity contribution >= 4 is 0 Å². The summed E-state index contributed by atoms with van der Waals surface area (Å²) in [5, 5.41) is 0. The third kappa shape index (κ3) is 13.6. The fourth-order valence-corrected chi connectivity index (χ4v) is 1.27. The first kappa shape index (κ1) is 18.4. The largest absolute Gasteiger partial charge is 0.382 e. The van der Waals surface area contributed by atoms with Gasteiger partial charge in [-0.25, -0.2) is 0 Å². The van der Waals surface area contributed by atoms with Crippen LogP contribution in [0.4, 0.5) is 0 Å². The van der Waals surface area contributed by atoms with Crippen LogP contribution in [-0.4, -0.2) is 53.2 Å². The highest BCUT2D eigenvalue weighted by Crippen LogP contribution is 2.03. The Bertz CT molecular complexity index is 228. The summed E-state index contributed by atoms with van der Waals surface area (Å²) in [6.07, 6.45) is 1.36. The number of hydrogen-bond donors (Lipinski definition) is 0. The molecule has 0 radical (unpaired) electrons. The van der Waals surface area contributed by atoms with Gasteiger partial charge in [0.25, 0.3) is 0 Å². The Morgan fingerprint density at radius 1 is 0.947 bits per heavy atom. The van der Waals surface area contributed by atoms with Crippen molar-refractivity contribution in [2.75, 3.05) is 46.9 Å². The minimum absolute atomic E-state index is 0.150. The van der Waals surface area contributed by atoms with Crippen molar-refractivity contribution in [2.24, 2.45) is 0 Å². The summed E-state index contributed by atoms with van der Waals surface area (Å²) >= 11 is 0. The summed E-state index contributed by atoms with van der Waals surface area (Å²) in [5.41, 5.74) is 0. The van der Waals surface area contributed by atoms with E-state index in [1.54, 1.807) is 7.11 Å². The highest BCUT2D eigenvalue weighted by atomic mass is 16.7. The van der Waals surface area contributed by atoms with Crippen LogP contribution in [0.5, 0.6) is 0 Å². The maximum absolute atomic E-state index is 5.41. The van der Waals surface area contributed by atoms with E-state index in [0.29, 0.717) is 33.0 Å². The van der Waals surface area contributed by atoms with Crippen LogP contribution in [0.1, 0.15) is 26.7 Å². The Morgan fingerprint density at radius 2 is 1.68 bits per heavy atom. The first-order valence-corrected chi connectivity index (χ1v) is 6.68. The van der Waals surface area contributed by atoms with Crippen molar-refractivity contribution in [2.45, 2.75) is 33.0 Å². The summed E-state index contributed by atoms with van der Waals surface area (Å²) in [6, 6.07) is 0. The quantitative estimate of drug-likeness (QED) is 0.308.